The molecule has 0 N–H and O–H groups in total. The molecule has 0 bridgehead atoms. The van der Waals surface area contributed by atoms with Crippen molar-refractivity contribution in [2.75, 3.05) is 9.80 Å². The number of hydrogen-bond acceptors (Lipinski definition) is 2. The molecule has 6 aromatic carbocycles. The van der Waals surface area contributed by atoms with Crippen LogP contribution in [-0.4, -0.2) is 6.04 Å². The zero-order valence-corrected chi connectivity index (χ0v) is 31.8. The van der Waals surface area contributed by atoms with Crippen LogP contribution in [0.4, 0.5) is 28.4 Å². The monoisotopic (exact) mass is 676 g/mol. The Kier molecular flexibility index (Phi) is 7.25. The van der Waals surface area contributed by atoms with Gasteiger partial charge in [-0.1, -0.05) is 111 Å². The summed E-state index contributed by atoms with van der Waals surface area (Å²) in [5.74, 6) is 0. The van der Waals surface area contributed by atoms with Crippen LogP contribution >= 0.6 is 0 Å². The SMILES string of the molecule is CC1=CCC(N(c2ccc(C)cc2)c2ccc(N(c3ccc(C)cc3)c3cc4c5c(c3)C(C)(C)c3cccc6c(C)cc(c-5c36)C4(C)C)cc2)C=C1. The van der Waals surface area contributed by atoms with E-state index in [1.165, 1.54) is 83.5 Å². The maximum Gasteiger partial charge on any atom is 0.0560 e. The summed E-state index contributed by atoms with van der Waals surface area (Å²) in [4.78, 5) is 4.96. The van der Waals surface area contributed by atoms with Crippen LogP contribution in [0.15, 0.2) is 133 Å². The molecule has 1 unspecified atom stereocenters. The van der Waals surface area contributed by atoms with Crippen LogP contribution in [0.25, 0.3) is 21.9 Å². The number of benzene rings is 6. The van der Waals surface area contributed by atoms with Gasteiger partial charge in [-0.2, -0.15) is 0 Å². The molecule has 1 atom stereocenters. The second-order valence-corrected chi connectivity index (χ2v) is 16.5. The maximum atomic E-state index is 2.50. The third-order valence-electron chi connectivity index (χ3n) is 12.3. The van der Waals surface area contributed by atoms with Gasteiger partial charge in [0.25, 0.3) is 0 Å². The number of nitrogens with zero attached hydrogens (tertiary/aromatic N) is 2. The molecule has 0 saturated carbocycles. The van der Waals surface area contributed by atoms with Gasteiger partial charge in [-0.3, -0.25) is 0 Å². The topological polar surface area (TPSA) is 6.48 Å². The summed E-state index contributed by atoms with van der Waals surface area (Å²) in [5.41, 5.74) is 19.5. The lowest BCUT2D eigenvalue weighted by atomic mass is 9.68. The zero-order valence-electron chi connectivity index (χ0n) is 31.8. The van der Waals surface area contributed by atoms with Gasteiger partial charge in [0, 0.05) is 39.3 Å². The van der Waals surface area contributed by atoms with E-state index in [0.29, 0.717) is 0 Å². The van der Waals surface area contributed by atoms with Gasteiger partial charge in [0.15, 0.2) is 0 Å². The number of rotatable bonds is 6. The molecule has 0 saturated heterocycles. The van der Waals surface area contributed by atoms with Gasteiger partial charge in [0.1, 0.15) is 0 Å². The molecule has 52 heavy (non-hydrogen) atoms. The van der Waals surface area contributed by atoms with Crippen molar-refractivity contribution in [3.8, 4) is 11.1 Å². The molecule has 0 heterocycles. The molecule has 3 aliphatic carbocycles. The van der Waals surface area contributed by atoms with Crippen molar-refractivity contribution >= 4 is 39.2 Å². The molecule has 3 aliphatic rings. The molecule has 0 fully saturated rings. The molecule has 0 spiro atoms. The second-order valence-electron chi connectivity index (χ2n) is 16.5. The lowest BCUT2D eigenvalue weighted by Crippen LogP contribution is -2.30. The number of allylic oxidation sites excluding steroid dienone is 2. The van der Waals surface area contributed by atoms with E-state index >= 15 is 0 Å². The lowest BCUT2D eigenvalue weighted by molar-refractivity contribution is 0.639. The smallest absolute Gasteiger partial charge is 0.0560 e. The Morgan fingerprint density at radius 3 is 1.63 bits per heavy atom. The Morgan fingerprint density at radius 2 is 1.06 bits per heavy atom. The number of aryl methyl sites for hydroxylation is 3. The van der Waals surface area contributed by atoms with Crippen LogP contribution in [-0.2, 0) is 10.8 Å². The minimum Gasteiger partial charge on any atom is -0.334 e. The molecule has 0 radical (unpaired) electrons. The fourth-order valence-corrected chi connectivity index (χ4v) is 9.27. The van der Waals surface area contributed by atoms with E-state index in [2.05, 4.69) is 193 Å². The van der Waals surface area contributed by atoms with E-state index in [-0.39, 0.29) is 16.9 Å². The Hall–Kier alpha value is -5.34. The third-order valence-corrected chi connectivity index (χ3v) is 12.3. The Labute approximate surface area is 309 Å². The Bertz CT molecular complexity index is 2460. The Morgan fingerprint density at radius 1 is 0.538 bits per heavy atom. The molecule has 0 amide bonds. The van der Waals surface area contributed by atoms with Crippen LogP contribution < -0.4 is 9.80 Å². The first-order chi connectivity index (χ1) is 24.9. The van der Waals surface area contributed by atoms with Gasteiger partial charge < -0.3 is 9.80 Å². The van der Waals surface area contributed by atoms with E-state index in [9.17, 15) is 0 Å². The zero-order chi connectivity index (χ0) is 36.1. The first-order valence-corrected chi connectivity index (χ1v) is 18.9. The third kappa shape index (κ3) is 4.84. The Balaban J connectivity index is 1.22. The highest BCUT2D eigenvalue weighted by Crippen LogP contribution is 2.61. The average Bonchev–Trinajstić information content (AvgIpc) is 3.36. The summed E-state index contributed by atoms with van der Waals surface area (Å²) < 4.78 is 0. The van der Waals surface area contributed by atoms with E-state index in [1.54, 1.807) is 0 Å². The largest absolute Gasteiger partial charge is 0.334 e. The fourth-order valence-electron chi connectivity index (χ4n) is 9.27. The molecular formula is C50H48N2. The van der Waals surface area contributed by atoms with E-state index < -0.39 is 0 Å². The lowest BCUT2D eigenvalue weighted by Gasteiger charge is -2.37. The summed E-state index contributed by atoms with van der Waals surface area (Å²) in [6.07, 6.45) is 7.95. The van der Waals surface area contributed by atoms with Gasteiger partial charge in [-0.15, -0.1) is 0 Å². The minimum absolute atomic E-state index is 0.125. The molecule has 2 nitrogen and oxygen atoms in total. The van der Waals surface area contributed by atoms with Crippen LogP contribution in [0.3, 0.4) is 0 Å². The fraction of sp³-hybridized carbons (Fsp3) is 0.240. The summed E-state index contributed by atoms with van der Waals surface area (Å²) >= 11 is 0. The predicted molar refractivity (Wildman–Crippen MR) is 222 cm³/mol. The molecule has 9 rings (SSSR count). The van der Waals surface area contributed by atoms with Gasteiger partial charge >= 0.3 is 0 Å². The van der Waals surface area contributed by atoms with Crippen molar-refractivity contribution in [2.45, 2.75) is 78.7 Å². The predicted octanol–water partition coefficient (Wildman–Crippen LogP) is 13.6. The molecule has 258 valence electrons. The maximum absolute atomic E-state index is 2.50. The van der Waals surface area contributed by atoms with E-state index in [4.69, 9.17) is 0 Å². The van der Waals surface area contributed by atoms with Crippen molar-refractivity contribution < 1.29 is 0 Å². The van der Waals surface area contributed by atoms with Crippen molar-refractivity contribution in [3.63, 3.8) is 0 Å². The number of hydrogen-bond donors (Lipinski definition) is 0. The molecule has 0 aliphatic heterocycles. The van der Waals surface area contributed by atoms with Crippen molar-refractivity contribution in [1.29, 1.82) is 0 Å². The van der Waals surface area contributed by atoms with E-state index in [0.717, 1.165) is 17.8 Å². The quantitative estimate of drug-likeness (QED) is 0.173. The van der Waals surface area contributed by atoms with Gasteiger partial charge in [0.2, 0.25) is 0 Å². The van der Waals surface area contributed by atoms with Crippen molar-refractivity contribution in [3.05, 3.63) is 172 Å². The molecular weight excluding hydrogens is 629 g/mol. The molecule has 0 aromatic heterocycles. The van der Waals surface area contributed by atoms with Gasteiger partial charge in [-0.25, -0.2) is 0 Å². The summed E-state index contributed by atoms with van der Waals surface area (Å²) in [6, 6.07) is 41.9. The van der Waals surface area contributed by atoms with E-state index in [1.807, 2.05) is 0 Å². The molecule has 6 aromatic rings. The average molecular weight is 677 g/mol. The minimum atomic E-state index is -0.157. The van der Waals surface area contributed by atoms with Gasteiger partial charge in [0.05, 0.1) is 6.04 Å². The van der Waals surface area contributed by atoms with Crippen molar-refractivity contribution in [2.24, 2.45) is 0 Å². The van der Waals surface area contributed by atoms with Gasteiger partial charge in [-0.05, 0) is 144 Å². The highest BCUT2D eigenvalue weighted by atomic mass is 15.2. The summed E-state index contributed by atoms with van der Waals surface area (Å²) in [7, 11) is 0. The number of anilines is 5. The van der Waals surface area contributed by atoms with Crippen molar-refractivity contribution in [1.82, 2.24) is 0 Å². The standard InChI is InChI=1S/C50H48N2/c1-31-12-18-35(19-13-31)51(36-20-14-32(2)15-21-36)38-24-26-39(27-25-38)52(37-22-16-33(3)17-23-37)40-29-44-47-45(30-40)50(7,8)43-28-34(4)41-10-9-11-42(49(44,5)6)46(41)48(43)47/h9-20,22-30,36H,21H2,1-8H3. The normalized spacial score (nSPS) is 17.3. The second kappa shape index (κ2) is 11.6. The first-order valence-electron chi connectivity index (χ1n) is 18.9. The highest BCUT2D eigenvalue weighted by molar-refractivity contribution is 6.10. The summed E-state index contributed by atoms with van der Waals surface area (Å²) in [6.45, 7) is 18.5. The van der Waals surface area contributed by atoms with Crippen LogP contribution in [0.5, 0.6) is 0 Å². The van der Waals surface area contributed by atoms with Crippen LogP contribution in [0.1, 0.15) is 80.0 Å². The molecule has 2 heteroatoms. The summed E-state index contributed by atoms with van der Waals surface area (Å²) in [5, 5.41) is 2.84. The first kappa shape index (κ1) is 32.6. The highest BCUT2D eigenvalue weighted by Gasteiger charge is 2.45. The van der Waals surface area contributed by atoms with Crippen LogP contribution in [0.2, 0.25) is 0 Å². The van der Waals surface area contributed by atoms with Crippen LogP contribution in [0, 0.1) is 20.8 Å².